The Kier molecular flexibility index (Phi) is 2.88. The number of fused-ring (bicyclic) bond motifs is 5. The van der Waals surface area contributed by atoms with E-state index in [2.05, 4.69) is 6.92 Å². The first-order chi connectivity index (χ1) is 9.98. The molecule has 0 heterocycles. The molecule has 3 aliphatic rings. The molecule has 4 rings (SSSR count). The predicted octanol–water partition coefficient (Wildman–Crippen LogP) is 3.56. The van der Waals surface area contributed by atoms with Crippen LogP contribution in [0.25, 0.3) is 0 Å². The van der Waals surface area contributed by atoms with E-state index in [1.165, 1.54) is 0 Å². The molecule has 0 aliphatic heterocycles. The van der Waals surface area contributed by atoms with Crippen molar-refractivity contribution in [1.29, 1.82) is 0 Å². The van der Waals surface area contributed by atoms with Crippen molar-refractivity contribution >= 4 is 0 Å². The van der Waals surface area contributed by atoms with E-state index in [-0.39, 0.29) is 23.2 Å². The summed E-state index contributed by atoms with van der Waals surface area (Å²) in [4.78, 5) is 0. The van der Waals surface area contributed by atoms with Crippen LogP contribution in [0.1, 0.15) is 49.7 Å². The molecule has 0 radical (unpaired) electrons. The average Bonchev–Trinajstić information content (AvgIpc) is 2.72. The highest BCUT2D eigenvalue weighted by molar-refractivity contribution is 5.40. The normalized spacial score (nSPS) is 44.8. The zero-order valence-corrected chi connectivity index (χ0v) is 12.4. The van der Waals surface area contributed by atoms with Gasteiger partial charge >= 0.3 is 0 Å². The van der Waals surface area contributed by atoms with Gasteiger partial charge in [0.05, 0.1) is 6.10 Å². The molecular formula is C18H23FO2. The van der Waals surface area contributed by atoms with Crippen LogP contribution in [-0.4, -0.2) is 22.5 Å². The summed E-state index contributed by atoms with van der Waals surface area (Å²) < 4.78 is 15.0. The minimum absolute atomic E-state index is 0.0333. The van der Waals surface area contributed by atoms with Crippen LogP contribution in [0.4, 0.5) is 4.39 Å². The van der Waals surface area contributed by atoms with E-state index in [1.807, 2.05) is 6.07 Å². The summed E-state index contributed by atoms with van der Waals surface area (Å²) in [6, 6.07) is 5.41. The molecule has 2 saturated carbocycles. The topological polar surface area (TPSA) is 40.5 Å². The Morgan fingerprint density at radius 3 is 2.90 bits per heavy atom. The maximum absolute atomic E-state index is 15.0. The average molecular weight is 290 g/mol. The van der Waals surface area contributed by atoms with Crippen LogP contribution in [0.3, 0.4) is 0 Å². The standard InChI is InChI=1S/C18H23FO2/c1-18-8-12(21)7-15(18)14-4-2-10-6-11(20)3-5-13(10)17(14)16(19)9-18/h3,5-6,12,14-17,20-21H,2,4,7-9H2,1H3/t12-,14-,15-,16-,17+,18-/m0/s1. The second kappa shape index (κ2) is 4.45. The van der Waals surface area contributed by atoms with Gasteiger partial charge in [-0.05, 0) is 72.6 Å². The number of rotatable bonds is 0. The molecule has 1 aromatic carbocycles. The van der Waals surface area contributed by atoms with Gasteiger partial charge in [0.15, 0.2) is 0 Å². The SMILES string of the molecule is C[C@@]12C[C@@H](O)C[C@H]1[C@@H]1CCc3cc(O)ccc3[C@H]1[C@@H](F)C2. The third-order valence-corrected chi connectivity index (χ3v) is 6.38. The van der Waals surface area contributed by atoms with Gasteiger partial charge in [-0.2, -0.15) is 0 Å². The summed E-state index contributed by atoms with van der Waals surface area (Å²) >= 11 is 0. The highest BCUT2D eigenvalue weighted by atomic mass is 19.1. The van der Waals surface area contributed by atoms with Crippen molar-refractivity contribution in [2.24, 2.45) is 17.3 Å². The van der Waals surface area contributed by atoms with Gasteiger partial charge in [-0.3, -0.25) is 0 Å². The van der Waals surface area contributed by atoms with Crippen molar-refractivity contribution in [2.75, 3.05) is 0 Å². The molecule has 2 N–H and O–H groups in total. The Hall–Kier alpha value is -1.09. The summed E-state index contributed by atoms with van der Waals surface area (Å²) in [5.41, 5.74) is 2.18. The number of phenols is 1. The number of aliphatic hydroxyl groups excluding tert-OH is 1. The molecule has 0 saturated heterocycles. The van der Waals surface area contributed by atoms with E-state index in [1.54, 1.807) is 12.1 Å². The first kappa shape index (κ1) is 13.6. The van der Waals surface area contributed by atoms with Gasteiger partial charge in [0, 0.05) is 5.92 Å². The lowest BCUT2D eigenvalue weighted by Crippen LogP contribution is -2.45. The molecule has 2 fully saturated rings. The summed E-state index contributed by atoms with van der Waals surface area (Å²) in [5, 5.41) is 19.7. The molecule has 1 aromatic rings. The van der Waals surface area contributed by atoms with Gasteiger partial charge in [-0.15, -0.1) is 0 Å². The second-order valence-corrected chi connectivity index (χ2v) is 7.69. The van der Waals surface area contributed by atoms with Crippen molar-refractivity contribution in [1.82, 2.24) is 0 Å². The first-order valence-electron chi connectivity index (χ1n) is 8.12. The highest BCUT2D eigenvalue weighted by Gasteiger charge is 2.56. The quantitative estimate of drug-likeness (QED) is 0.767. The van der Waals surface area contributed by atoms with Crippen LogP contribution < -0.4 is 0 Å². The number of hydrogen-bond donors (Lipinski definition) is 2. The van der Waals surface area contributed by atoms with Gasteiger partial charge in [0.25, 0.3) is 0 Å². The Morgan fingerprint density at radius 1 is 1.29 bits per heavy atom. The van der Waals surface area contributed by atoms with Crippen molar-refractivity contribution < 1.29 is 14.6 Å². The van der Waals surface area contributed by atoms with Gasteiger partial charge < -0.3 is 10.2 Å². The molecule has 21 heavy (non-hydrogen) atoms. The van der Waals surface area contributed by atoms with Gasteiger partial charge in [-0.25, -0.2) is 4.39 Å². The van der Waals surface area contributed by atoms with Crippen molar-refractivity contribution in [3.63, 3.8) is 0 Å². The zero-order valence-electron chi connectivity index (χ0n) is 12.4. The van der Waals surface area contributed by atoms with Gasteiger partial charge in [0.2, 0.25) is 0 Å². The van der Waals surface area contributed by atoms with Gasteiger partial charge in [-0.1, -0.05) is 13.0 Å². The minimum Gasteiger partial charge on any atom is -0.508 e. The molecule has 0 aromatic heterocycles. The molecule has 3 heteroatoms. The number of aromatic hydroxyl groups is 1. The molecule has 3 aliphatic carbocycles. The zero-order chi connectivity index (χ0) is 14.8. The Morgan fingerprint density at radius 2 is 2.10 bits per heavy atom. The fourth-order valence-electron chi connectivity index (χ4n) is 5.63. The number of aliphatic hydroxyl groups is 1. The van der Waals surface area contributed by atoms with Crippen LogP contribution in [-0.2, 0) is 6.42 Å². The number of alkyl halides is 1. The number of phenolic OH excluding ortho intramolecular Hbond substituents is 1. The van der Waals surface area contributed by atoms with E-state index in [0.717, 1.165) is 36.8 Å². The van der Waals surface area contributed by atoms with Crippen LogP contribution >= 0.6 is 0 Å². The van der Waals surface area contributed by atoms with Crippen LogP contribution in [0.5, 0.6) is 5.75 Å². The monoisotopic (exact) mass is 290 g/mol. The maximum Gasteiger partial charge on any atom is 0.115 e. The van der Waals surface area contributed by atoms with Crippen molar-refractivity contribution in [3.05, 3.63) is 29.3 Å². The van der Waals surface area contributed by atoms with E-state index < -0.39 is 6.17 Å². The van der Waals surface area contributed by atoms with Crippen molar-refractivity contribution in [2.45, 2.75) is 57.2 Å². The molecule has 0 amide bonds. The third kappa shape index (κ3) is 1.93. The Balaban J connectivity index is 1.75. The molecule has 6 atom stereocenters. The molecule has 0 spiro atoms. The lowest BCUT2D eigenvalue weighted by molar-refractivity contribution is 0.00125. The van der Waals surface area contributed by atoms with E-state index in [4.69, 9.17) is 0 Å². The molecular weight excluding hydrogens is 267 g/mol. The van der Waals surface area contributed by atoms with Crippen LogP contribution in [0.2, 0.25) is 0 Å². The number of halogens is 1. The molecule has 0 bridgehead atoms. The molecule has 114 valence electrons. The largest absolute Gasteiger partial charge is 0.508 e. The second-order valence-electron chi connectivity index (χ2n) is 7.69. The Bertz CT molecular complexity index is 572. The fraction of sp³-hybridized carbons (Fsp3) is 0.667. The van der Waals surface area contributed by atoms with E-state index in [0.29, 0.717) is 18.3 Å². The molecule has 2 nitrogen and oxygen atoms in total. The van der Waals surface area contributed by atoms with E-state index in [9.17, 15) is 14.6 Å². The highest BCUT2D eigenvalue weighted by Crippen LogP contribution is 2.61. The smallest absolute Gasteiger partial charge is 0.115 e. The number of benzene rings is 1. The summed E-state index contributed by atoms with van der Waals surface area (Å²) in [6.07, 6.45) is 2.96. The number of aryl methyl sites for hydroxylation is 1. The first-order valence-corrected chi connectivity index (χ1v) is 8.12. The lowest BCUT2D eigenvalue weighted by atomic mass is 9.55. The lowest BCUT2D eigenvalue weighted by Gasteiger charge is -2.50. The Labute approximate surface area is 125 Å². The summed E-state index contributed by atoms with van der Waals surface area (Å²) in [5.74, 6) is 1.01. The minimum atomic E-state index is -0.829. The fourth-order valence-corrected chi connectivity index (χ4v) is 5.63. The summed E-state index contributed by atoms with van der Waals surface area (Å²) in [7, 11) is 0. The summed E-state index contributed by atoms with van der Waals surface area (Å²) in [6.45, 7) is 2.17. The molecule has 0 unspecified atom stereocenters. The number of hydrogen-bond acceptors (Lipinski definition) is 2. The van der Waals surface area contributed by atoms with Crippen LogP contribution in [0.15, 0.2) is 18.2 Å². The third-order valence-electron chi connectivity index (χ3n) is 6.38. The predicted molar refractivity (Wildman–Crippen MR) is 79.0 cm³/mol. The van der Waals surface area contributed by atoms with Gasteiger partial charge in [0.1, 0.15) is 11.9 Å². The van der Waals surface area contributed by atoms with Crippen molar-refractivity contribution in [3.8, 4) is 5.75 Å². The maximum atomic E-state index is 15.0. The van der Waals surface area contributed by atoms with Crippen LogP contribution in [0, 0.1) is 17.3 Å². The van der Waals surface area contributed by atoms with E-state index >= 15 is 0 Å².